The summed E-state index contributed by atoms with van der Waals surface area (Å²) in [5.74, 6) is 0.373. The number of hydrogen-bond acceptors (Lipinski definition) is 7. The Morgan fingerprint density at radius 2 is 1.82 bits per heavy atom. The van der Waals surface area contributed by atoms with Gasteiger partial charge in [-0.1, -0.05) is 36.4 Å². The molecule has 2 aliphatic rings. The molecule has 1 aromatic heterocycles. The van der Waals surface area contributed by atoms with Crippen molar-refractivity contribution < 1.29 is 28.6 Å². The fraction of sp³-hybridized carbons (Fsp3) is 0.414. The number of piperidine rings is 1. The Labute approximate surface area is 222 Å². The summed E-state index contributed by atoms with van der Waals surface area (Å²) < 4.78 is 16.8. The average Bonchev–Trinajstić information content (AvgIpc) is 3.51. The zero-order valence-electron chi connectivity index (χ0n) is 22.0. The van der Waals surface area contributed by atoms with E-state index < -0.39 is 11.7 Å². The third-order valence-corrected chi connectivity index (χ3v) is 7.08. The molecule has 1 fully saturated rings. The lowest BCUT2D eigenvalue weighted by molar-refractivity contribution is 0.0561. The Hall–Kier alpha value is -3.85. The average molecular weight is 520 g/mol. The molecule has 9 nitrogen and oxygen atoms in total. The summed E-state index contributed by atoms with van der Waals surface area (Å²) in [7, 11) is 0. The number of carbonyl (C=O) groups is 2. The summed E-state index contributed by atoms with van der Waals surface area (Å²) in [5, 5.41) is 9.37. The second-order valence-electron chi connectivity index (χ2n) is 10.9. The molecule has 1 saturated heterocycles. The van der Waals surface area contributed by atoms with E-state index in [1.807, 2.05) is 69.3 Å². The summed E-state index contributed by atoms with van der Waals surface area (Å²) in [4.78, 5) is 33.8. The van der Waals surface area contributed by atoms with E-state index >= 15 is 0 Å². The molecular formula is C29H33N3O6. The van der Waals surface area contributed by atoms with Crippen LogP contribution >= 0.6 is 0 Å². The molecule has 5 rings (SSSR count). The monoisotopic (exact) mass is 519 g/mol. The Bertz CT molecular complexity index is 1310. The molecule has 3 heterocycles. The Morgan fingerprint density at radius 1 is 1.08 bits per heavy atom. The standard InChI is InChI=1S/C29H33N3O6/c1-28(2,3)38-27(35)32-19-29(23-10-9-21(15-24(23)32)25-30-22(16-33)18-36-25)11-13-31(14-12-29)26(34)37-17-20-7-5-4-6-8-20/h4-10,15,18,33H,11-14,16-17,19H2,1-3H3. The van der Waals surface area contributed by atoms with Crippen LogP contribution in [-0.2, 0) is 28.1 Å². The van der Waals surface area contributed by atoms with E-state index in [2.05, 4.69) is 4.98 Å². The molecule has 1 N–H and O–H groups in total. The van der Waals surface area contributed by atoms with Crippen LogP contribution in [0.25, 0.3) is 11.5 Å². The molecule has 2 aromatic carbocycles. The molecule has 0 aliphatic carbocycles. The number of rotatable bonds is 4. The van der Waals surface area contributed by atoms with Gasteiger partial charge >= 0.3 is 12.2 Å². The number of hydrogen-bond donors (Lipinski definition) is 1. The predicted molar refractivity (Wildman–Crippen MR) is 141 cm³/mol. The van der Waals surface area contributed by atoms with Gasteiger partial charge in [0, 0.05) is 30.6 Å². The summed E-state index contributed by atoms with van der Waals surface area (Å²) in [6.07, 6.45) is 2.05. The molecule has 1 spiro atoms. The topological polar surface area (TPSA) is 105 Å². The van der Waals surface area contributed by atoms with Crippen LogP contribution in [0.15, 0.2) is 59.2 Å². The Morgan fingerprint density at radius 3 is 2.47 bits per heavy atom. The molecule has 0 unspecified atom stereocenters. The lowest BCUT2D eigenvalue weighted by Gasteiger charge is -2.39. The second kappa shape index (κ2) is 10.1. The minimum atomic E-state index is -0.644. The summed E-state index contributed by atoms with van der Waals surface area (Å²) in [5.41, 5.74) is 2.92. The van der Waals surface area contributed by atoms with Crippen molar-refractivity contribution in [3.8, 4) is 11.5 Å². The number of oxazole rings is 1. The molecule has 0 saturated carbocycles. The van der Waals surface area contributed by atoms with Crippen molar-refractivity contribution in [3.05, 3.63) is 71.6 Å². The number of nitrogens with zero attached hydrogens (tertiary/aromatic N) is 3. The number of aromatic nitrogens is 1. The van der Waals surface area contributed by atoms with Gasteiger partial charge in [-0.25, -0.2) is 14.6 Å². The zero-order chi connectivity index (χ0) is 26.9. The molecule has 0 bridgehead atoms. The van der Waals surface area contributed by atoms with Crippen molar-refractivity contribution >= 4 is 17.9 Å². The molecule has 3 aromatic rings. The minimum Gasteiger partial charge on any atom is -0.445 e. The normalized spacial score (nSPS) is 16.4. The van der Waals surface area contributed by atoms with E-state index in [9.17, 15) is 14.7 Å². The largest absolute Gasteiger partial charge is 0.445 e. The first-order valence-corrected chi connectivity index (χ1v) is 12.8. The number of ether oxygens (including phenoxy) is 2. The number of aliphatic hydroxyl groups is 1. The van der Waals surface area contributed by atoms with E-state index in [1.54, 1.807) is 9.80 Å². The van der Waals surface area contributed by atoms with Crippen LogP contribution in [-0.4, -0.2) is 52.4 Å². The summed E-state index contributed by atoms with van der Waals surface area (Å²) in [6.45, 7) is 7.06. The number of likely N-dealkylation sites (tertiary alicyclic amines) is 1. The maximum atomic E-state index is 13.3. The van der Waals surface area contributed by atoms with E-state index in [0.717, 1.165) is 16.8 Å². The van der Waals surface area contributed by atoms with Crippen molar-refractivity contribution in [2.24, 2.45) is 0 Å². The van der Waals surface area contributed by atoms with Crippen molar-refractivity contribution in [1.29, 1.82) is 0 Å². The van der Waals surface area contributed by atoms with Crippen LogP contribution < -0.4 is 4.90 Å². The molecule has 38 heavy (non-hydrogen) atoms. The second-order valence-corrected chi connectivity index (χ2v) is 10.9. The first kappa shape index (κ1) is 25.8. The first-order valence-electron chi connectivity index (χ1n) is 12.8. The number of fused-ring (bicyclic) bond motifs is 2. The third-order valence-electron chi connectivity index (χ3n) is 7.08. The van der Waals surface area contributed by atoms with Gasteiger partial charge in [-0.05, 0) is 56.9 Å². The molecule has 0 atom stereocenters. The number of aliphatic hydroxyl groups excluding tert-OH is 1. The fourth-order valence-electron chi connectivity index (χ4n) is 5.16. The van der Waals surface area contributed by atoms with Gasteiger partial charge in [0.15, 0.2) is 0 Å². The van der Waals surface area contributed by atoms with Gasteiger partial charge in [0.05, 0.1) is 12.3 Å². The highest BCUT2D eigenvalue weighted by Crippen LogP contribution is 2.48. The third kappa shape index (κ3) is 5.24. The number of amides is 2. The highest BCUT2D eigenvalue weighted by Gasteiger charge is 2.48. The maximum absolute atomic E-state index is 13.3. The molecular weight excluding hydrogens is 486 g/mol. The van der Waals surface area contributed by atoms with Crippen LogP contribution in [0.4, 0.5) is 15.3 Å². The van der Waals surface area contributed by atoms with Gasteiger partial charge in [-0.2, -0.15) is 0 Å². The van der Waals surface area contributed by atoms with Crippen molar-refractivity contribution in [3.63, 3.8) is 0 Å². The van der Waals surface area contributed by atoms with Gasteiger partial charge < -0.3 is 23.9 Å². The van der Waals surface area contributed by atoms with E-state index in [1.165, 1.54) is 6.26 Å². The lowest BCUT2D eigenvalue weighted by atomic mass is 9.74. The first-order chi connectivity index (χ1) is 18.2. The highest BCUT2D eigenvalue weighted by atomic mass is 16.6. The SMILES string of the molecule is CC(C)(C)OC(=O)N1CC2(CCN(C(=O)OCc3ccccc3)CC2)c2ccc(-c3nc(CO)co3)cc21. The fourth-order valence-corrected chi connectivity index (χ4v) is 5.16. The van der Waals surface area contributed by atoms with Crippen LogP contribution in [0.3, 0.4) is 0 Å². The van der Waals surface area contributed by atoms with Crippen LogP contribution in [0.2, 0.25) is 0 Å². The highest BCUT2D eigenvalue weighted by molar-refractivity contribution is 5.93. The molecule has 2 aliphatic heterocycles. The molecule has 9 heteroatoms. The van der Waals surface area contributed by atoms with Gasteiger partial charge in [0.2, 0.25) is 5.89 Å². The zero-order valence-corrected chi connectivity index (χ0v) is 22.0. The molecule has 2 amide bonds. The van der Waals surface area contributed by atoms with E-state index in [4.69, 9.17) is 13.9 Å². The molecule has 0 radical (unpaired) electrons. The smallest absolute Gasteiger partial charge is 0.414 e. The van der Waals surface area contributed by atoms with E-state index in [-0.39, 0.29) is 24.7 Å². The van der Waals surface area contributed by atoms with Crippen LogP contribution in [0.1, 0.15) is 50.4 Å². The lowest BCUT2D eigenvalue weighted by Crippen LogP contribution is -2.48. The van der Waals surface area contributed by atoms with Gasteiger partial charge in [-0.3, -0.25) is 4.90 Å². The summed E-state index contributed by atoms with van der Waals surface area (Å²) >= 11 is 0. The number of anilines is 1. The maximum Gasteiger partial charge on any atom is 0.414 e. The van der Waals surface area contributed by atoms with Crippen molar-refractivity contribution in [1.82, 2.24) is 9.88 Å². The number of benzene rings is 2. The summed E-state index contributed by atoms with van der Waals surface area (Å²) in [6, 6.07) is 15.4. The van der Waals surface area contributed by atoms with Crippen LogP contribution in [0, 0.1) is 0 Å². The minimum absolute atomic E-state index is 0.216. The van der Waals surface area contributed by atoms with Crippen molar-refractivity contribution in [2.45, 2.75) is 57.8 Å². The van der Waals surface area contributed by atoms with Crippen molar-refractivity contribution in [2.75, 3.05) is 24.5 Å². The van der Waals surface area contributed by atoms with Gasteiger partial charge in [-0.15, -0.1) is 0 Å². The number of carbonyl (C=O) groups excluding carboxylic acids is 2. The predicted octanol–water partition coefficient (Wildman–Crippen LogP) is 5.26. The van der Waals surface area contributed by atoms with Crippen LogP contribution in [0.5, 0.6) is 0 Å². The van der Waals surface area contributed by atoms with Gasteiger partial charge in [0.1, 0.15) is 24.2 Å². The quantitative estimate of drug-likeness (QED) is 0.501. The van der Waals surface area contributed by atoms with E-state index in [0.29, 0.717) is 49.6 Å². The van der Waals surface area contributed by atoms with Gasteiger partial charge in [0.25, 0.3) is 0 Å². The molecule has 200 valence electrons. The Balaban J connectivity index is 1.36. The Kier molecular flexibility index (Phi) is 6.88.